The molecular weight excluding hydrogens is 401 g/mol. The van der Waals surface area contributed by atoms with E-state index in [2.05, 4.69) is 16.4 Å². The molecule has 0 saturated carbocycles. The molecule has 3 heterocycles. The van der Waals surface area contributed by atoms with Crippen LogP contribution in [0, 0.1) is 5.82 Å². The van der Waals surface area contributed by atoms with Crippen LogP contribution in [-0.4, -0.2) is 26.9 Å². The van der Waals surface area contributed by atoms with Gasteiger partial charge in [-0.2, -0.15) is 0 Å². The van der Waals surface area contributed by atoms with E-state index in [1.807, 2.05) is 35.2 Å². The molecule has 1 atom stereocenters. The summed E-state index contributed by atoms with van der Waals surface area (Å²) in [6.07, 6.45) is 2.15. The number of carbonyl (C=O) groups excluding carboxylic acids is 1. The van der Waals surface area contributed by atoms with Crippen LogP contribution in [-0.2, 0) is 17.8 Å². The van der Waals surface area contributed by atoms with Gasteiger partial charge in [-0.05, 0) is 47.2 Å². The van der Waals surface area contributed by atoms with E-state index in [0.29, 0.717) is 12.1 Å². The van der Waals surface area contributed by atoms with Crippen molar-refractivity contribution in [3.05, 3.63) is 98.5 Å². The Labute approximate surface area is 176 Å². The van der Waals surface area contributed by atoms with Gasteiger partial charge in [0.05, 0.1) is 23.3 Å². The van der Waals surface area contributed by atoms with Gasteiger partial charge < -0.3 is 4.90 Å². The van der Waals surface area contributed by atoms with Crippen LogP contribution >= 0.6 is 11.3 Å². The van der Waals surface area contributed by atoms with Gasteiger partial charge in [-0.15, -0.1) is 11.3 Å². The average Bonchev–Trinajstić information content (AvgIpc) is 3.25. The van der Waals surface area contributed by atoms with Crippen molar-refractivity contribution in [2.75, 3.05) is 6.54 Å². The molecule has 2 aromatic heterocycles. The van der Waals surface area contributed by atoms with Crippen LogP contribution in [0.2, 0.25) is 0 Å². The normalized spacial score (nSPS) is 15.9. The van der Waals surface area contributed by atoms with E-state index in [1.54, 1.807) is 11.3 Å². The van der Waals surface area contributed by atoms with Gasteiger partial charge in [-0.25, -0.2) is 9.37 Å². The standard InChI is InChI=1S/C23H18FN3O2S/c24-16-6-7-19-18(12-16)23(29)26(14-25-19)13-21(28)27-10-8-20-17(9-11-30-20)22(27)15-4-2-1-3-5-15/h1-7,9,11-12,14,22H,8,10,13H2. The zero-order valence-electron chi connectivity index (χ0n) is 16.0. The van der Waals surface area contributed by atoms with E-state index >= 15 is 0 Å². The Hall–Kier alpha value is -3.32. The molecule has 0 saturated heterocycles. The van der Waals surface area contributed by atoms with Crippen LogP contribution in [0.1, 0.15) is 22.0 Å². The van der Waals surface area contributed by atoms with E-state index < -0.39 is 11.4 Å². The third-order valence-corrected chi connectivity index (χ3v) is 6.49. The van der Waals surface area contributed by atoms with Crippen LogP contribution < -0.4 is 5.56 Å². The number of amides is 1. The number of benzene rings is 2. The molecule has 1 aliphatic heterocycles. The molecule has 30 heavy (non-hydrogen) atoms. The molecule has 0 bridgehead atoms. The van der Waals surface area contributed by atoms with Crippen molar-refractivity contribution in [1.82, 2.24) is 14.5 Å². The van der Waals surface area contributed by atoms with Crippen molar-refractivity contribution in [3.8, 4) is 0 Å². The highest BCUT2D eigenvalue weighted by molar-refractivity contribution is 7.10. The van der Waals surface area contributed by atoms with Gasteiger partial charge in [0.15, 0.2) is 0 Å². The van der Waals surface area contributed by atoms with Gasteiger partial charge >= 0.3 is 0 Å². The number of nitrogens with zero attached hydrogens (tertiary/aromatic N) is 3. The molecule has 0 spiro atoms. The summed E-state index contributed by atoms with van der Waals surface area (Å²) >= 11 is 1.71. The van der Waals surface area contributed by atoms with Gasteiger partial charge in [-0.1, -0.05) is 30.3 Å². The Morgan fingerprint density at radius 1 is 1.17 bits per heavy atom. The van der Waals surface area contributed by atoms with Gasteiger partial charge in [0, 0.05) is 11.4 Å². The Balaban J connectivity index is 1.51. The minimum atomic E-state index is -0.504. The van der Waals surface area contributed by atoms with Crippen LogP contribution in [0.4, 0.5) is 4.39 Å². The molecule has 1 amide bonds. The molecule has 1 aliphatic rings. The molecule has 150 valence electrons. The summed E-state index contributed by atoms with van der Waals surface area (Å²) < 4.78 is 14.9. The lowest BCUT2D eigenvalue weighted by Gasteiger charge is -2.36. The fourth-order valence-electron chi connectivity index (χ4n) is 4.06. The molecule has 0 fully saturated rings. The maximum Gasteiger partial charge on any atom is 0.261 e. The fourth-order valence-corrected chi connectivity index (χ4v) is 4.96. The van der Waals surface area contributed by atoms with Crippen molar-refractivity contribution in [2.45, 2.75) is 19.0 Å². The highest BCUT2D eigenvalue weighted by Gasteiger charge is 2.32. The van der Waals surface area contributed by atoms with Gasteiger partial charge in [0.25, 0.3) is 5.56 Å². The zero-order chi connectivity index (χ0) is 20.7. The van der Waals surface area contributed by atoms with Crippen molar-refractivity contribution >= 4 is 28.1 Å². The second-order valence-corrected chi connectivity index (χ2v) is 8.29. The first-order valence-corrected chi connectivity index (χ1v) is 10.5. The number of carbonyl (C=O) groups is 1. The molecule has 0 N–H and O–H groups in total. The lowest BCUT2D eigenvalue weighted by molar-refractivity contribution is -0.134. The fraction of sp³-hybridized carbons (Fsp3) is 0.174. The molecule has 7 heteroatoms. The maximum absolute atomic E-state index is 13.6. The van der Waals surface area contributed by atoms with Crippen LogP contribution in [0.5, 0.6) is 0 Å². The summed E-state index contributed by atoms with van der Waals surface area (Å²) in [6, 6.07) is 15.7. The number of fused-ring (bicyclic) bond motifs is 2. The topological polar surface area (TPSA) is 55.2 Å². The average molecular weight is 419 g/mol. The second kappa shape index (κ2) is 7.50. The van der Waals surface area contributed by atoms with E-state index in [0.717, 1.165) is 23.6 Å². The Bertz CT molecular complexity index is 1300. The van der Waals surface area contributed by atoms with E-state index in [9.17, 15) is 14.0 Å². The summed E-state index contributed by atoms with van der Waals surface area (Å²) in [5.74, 6) is -0.670. The summed E-state index contributed by atoms with van der Waals surface area (Å²) in [5, 5.41) is 2.23. The Kier molecular flexibility index (Phi) is 4.67. The number of thiophene rings is 1. The molecule has 2 aromatic carbocycles. The highest BCUT2D eigenvalue weighted by atomic mass is 32.1. The number of aromatic nitrogens is 2. The van der Waals surface area contributed by atoms with Crippen LogP contribution in [0.3, 0.4) is 0 Å². The summed E-state index contributed by atoms with van der Waals surface area (Å²) in [6.45, 7) is 0.442. The Morgan fingerprint density at radius 3 is 2.83 bits per heavy atom. The first-order valence-electron chi connectivity index (χ1n) is 9.67. The van der Waals surface area contributed by atoms with Crippen molar-refractivity contribution in [1.29, 1.82) is 0 Å². The summed E-state index contributed by atoms with van der Waals surface area (Å²) in [5.41, 5.74) is 2.17. The number of halogens is 1. The van der Waals surface area contributed by atoms with Crippen molar-refractivity contribution in [3.63, 3.8) is 0 Å². The third-order valence-electron chi connectivity index (χ3n) is 5.49. The van der Waals surface area contributed by atoms with Crippen molar-refractivity contribution in [2.24, 2.45) is 0 Å². The Morgan fingerprint density at radius 2 is 2.00 bits per heavy atom. The predicted octanol–water partition coefficient (Wildman–Crippen LogP) is 3.77. The molecule has 0 aliphatic carbocycles. The molecule has 4 aromatic rings. The summed E-state index contributed by atoms with van der Waals surface area (Å²) in [4.78, 5) is 33.4. The van der Waals surface area contributed by atoms with E-state index in [4.69, 9.17) is 0 Å². The molecule has 1 unspecified atom stereocenters. The van der Waals surface area contributed by atoms with Gasteiger partial charge in [-0.3, -0.25) is 14.2 Å². The first-order chi connectivity index (χ1) is 14.6. The smallest absolute Gasteiger partial charge is 0.261 e. The lowest BCUT2D eigenvalue weighted by Crippen LogP contribution is -2.43. The summed E-state index contributed by atoms with van der Waals surface area (Å²) in [7, 11) is 0. The lowest BCUT2D eigenvalue weighted by atomic mass is 9.93. The minimum Gasteiger partial charge on any atom is -0.330 e. The SMILES string of the molecule is O=C(Cn1cnc2ccc(F)cc2c1=O)N1CCc2sccc2C1c1ccccc1. The highest BCUT2D eigenvalue weighted by Crippen LogP contribution is 2.37. The number of rotatable bonds is 3. The van der Waals surface area contributed by atoms with E-state index in [-0.39, 0.29) is 23.9 Å². The third kappa shape index (κ3) is 3.21. The van der Waals surface area contributed by atoms with Crippen LogP contribution in [0.25, 0.3) is 10.9 Å². The van der Waals surface area contributed by atoms with E-state index in [1.165, 1.54) is 27.9 Å². The monoisotopic (exact) mass is 419 g/mol. The quantitative estimate of drug-likeness (QED) is 0.508. The van der Waals surface area contributed by atoms with Crippen molar-refractivity contribution < 1.29 is 9.18 Å². The predicted molar refractivity (Wildman–Crippen MR) is 114 cm³/mol. The van der Waals surface area contributed by atoms with Gasteiger partial charge in [0.1, 0.15) is 12.4 Å². The largest absolute Gasteiger partial charge is 0.330 e. The zero-order valence-corrected chi connectivity index (χ0v) is 16.8. The minimum absolute atomic E-state index is 0.138. The first kappa shape index (κ1) is 18.7. The number of hydrogen-bond acceptors (Lipinski definition) is 4. The second-order valence-electron chi connectivity index (χ2n) is 7.29. The molecule has 5 nitrogen and oxygen atoms in total. The molecular formula is C23H18FN3O2S. The molecule has 5 rings (SSSR count). The van der Waals surface area contributed by atoms with Crippen LogP contribution in [0.15, 0.2) is 71.1 Å². The van der Waals surface area contributed by atoms with Gasteiger partial charge in [0.2, 0.25) is 5.91 Å². The number of hydrogen-bond donors (Lipinski definition) is 0. The molecule has 0 radical (unpaired) electrons. The maximum atomic E-state index is 13.6.